The van der Waals surface area contributed by atoms with Crippen LogP contribution in [0.5, 0.6) is 11.6 Å². The maximum Gasteiger partial charge on any atom is 0.417 e. The van der Waals surface area contributed by atoms with E-state index >= 15 is 0 Å². The van der Waals surface area contributed by atoms with Crippen LogP contribution >= 0.6 is 11.3 Å². The van der Waals surface area contributed by atoms with Crippen LogP contribution in [0.15, 0.2) is 37.6 Å². The molecule has 1 N–H and O–H groups in total. The Balaban J connectivity index is 1.86. The van der Waals surface area contributed by atoms with Crippen molar-refractivity contribution in [1.82, 2.24) is 4.57 Å². The average Bonchev–Trinajstić information content (AvgIpc) is 2.95. The molecule has 3 aromatic rings. The zero-order valence-corrected chi connectivity index (χ0v) is 15.5. The van der Waals surface area contributed by atoms with E-state index in [1.807, 2.05) is 0 Å². The predicted octanol–water partition coefficient (Wildman–Crippen LogP) is 3.77. The lowest BCUT2D eigenvalue weighted by molar-refractivity contribution is -0.136. The predicted molar refractivity (Wildman–Crippen MR) is 97.2 cm³/mol. The van der Waals surface area contributed by atoms with E-state index < -0.39 is 17.4 Å². The molecule has 0 fully saturated rings. The zero-order valence-electron chi connectivity index (χ0n) is 14.7. The Bertz CT molecular complexity index is 1110. The number of aromatic nitrogens is 1. The molecule has 0 unspecified atom stereocenters. The first-order valence-electron chi connectivity index (χ1n) is 8.39. The number of ether oxygens (including phenoxy) is 1. The lowest BCUT2D eigenvalue weighted by atomic mass is 10.0. The van der Waals surface area contributed by atoms with E-state index in [0.717, 1.165) is 11.3 Å². The Morgan fingerprint density at radius 3 is 2.64 bits per heavy atom. The number of rotatable bonds is 6. The first-order valence-corrected chi connectivity index (χ1v) is 9.27. The summed E-state index contributed by atoms with van der Waals surface area (Å²) < 4.78 is 51.6. The summed E-state index contributed by atoms with van der Waals surface area (Å²) in [7, 11) is 0. The standard InChI is InChI=1S/C18H16F3NO5S/c1-2-10-13(26-7-3-6-22-14(23)9-28-17(22)25)5-4-11-12(18(19,20)21)8-15(24)27-16(10)11/h4-5,8-9,23H,2-3,6-7H2,1H3. The molecule has 0 spiro atoms. The highest BCUT2D eigenvalue weighted by atomic mass is 32.1. The van der Waals surface area contributed by atoms with Crippen molar-refractivity contribution in [2.24, 2.45) is 0 Å². The second-order valence-electron chi connectivity index (χ2n) is 5.96. The van der Waals surface area contributed by atoms with Gasteiger partial charge < -0.3 is 14.3 Å². The maximum atomic E-state index is 13.2. The molecule has 6 nitrogen and oxygen atoms in total. The SMILES string of the molecule is CCc1c(OCCCn2c(O)csc2=O)ccc2c(C(F)(F)F)cc(=O)oc12. The highest BCUT2D eigenvalue weighted by Gasteiger charge is 2.34. The minimum absolute atomic E-state index is 0.128. The van der Waals surface area contributed by atoms with Crippen molar-refractivity contribution in [2.45, 2.75) is 32.5 Å². The second-order valence-corrected chi connectivity index (χ2v) is 6.78. The maximum absolute atomic E-state index is 13.2. The number of thiazole rings is 1. The van der Waals surface area contributed by atoms with Crippen molar-refractivity contribution in [3.8, 4) is 11.6 Å². The minimum Gasteiger partial charge on any atom is -0.494 e. The number of halogens is 3. The Morgan fingerprint density at radius 2 is 2.04 bits per heavy atom. The molecular weight excluding hydrogens is 399 g/mol. The van der Waals surface area contributed by atoms with Crippen LogP contribution in [0.4, 0.5) is 13.2 Å². The number of aryl methyl sites for hydroxylation is 1. The Morgan fingerprint density at radius 1 is 1.29 bits per heavy atom. The summed E-state index contributed by atoms with van der Waals surface area (Å²) in [5.41, 5.74) is -1.92. The molecule has 0 aliphatic rings. The molecule has 0 atom stereocenters. The molecule has 0 aliphatic heterocycles. The molecule has 0 saturated carbocycles. The van der Waals surface area contributed by atoms with Crippen molar-refractivity contribution in [1.29, 1.82) is 0 Å². The number of alkyl halides is 3. The van der Waals surface area contributed by atoms with Crippen molar-refractivity contribution in [3.63, 3.8) is 0 Å². The molecule has 0 bridgehead atoms. The lowest BCUT2D eigenvalue weighted by Gasteiger charge is -2.15. The lowest BCUT2D eigenvalue weighted by Crippen LogP contribution is -2.15. The van der Waals surface area contributed by atoms with Gasteiger partial charge in [0.1, 0.15) is 11.3 Å². The number of fused-ring (bicyclic) bond motifs is 1. The van der Waals surface area contributed by atoms with Crippen LogP contribution in [0.25, 0.3) is 11.0 Å². The third-order valence-electron chi connectivity index (χ3n) is 4.18. The van der Waals surface area contributed by atoms with Crippen molar-refractivity contribution in [2.75, 3.05) is 6.61 Å². The summed E-state index contributed by atoms with van der Waals surface area (Å²) in [4.78, 5) is 22.9. The van der Waals surface area contributed by atoms with Crippen molar-refractivity contribution < 1.29 is 27.4 Å². The highest BCUT2D eigenvalue weighted by molar-refractivity contribution is 7.07. The Labute approximate surface area is 160 Å². The highest BCUT2D eigenvalue weighted by Crippen LogP contribution is 2.37. The third kappa shape index (κ3) is 3.91. The van der Waals surface area contributed by atoms with E-state index in [4.69, 9.17) is 9.15 Å². The van der Waals surface area contributed by atoms with Crippen LogP contribution in [0.1, 0.15) is 24.5 Å². The summed E-state index contributed by atoms with van der Waals surface area (Å²) in [5, 5.41) is 10.7. The molecule has 28 heavy (non-hydrogen) atoms. The van der Waals surface area contributed by atoms with E-state index in [0.29, 0.717) is 30.2 Å². The summed E-state index contributed by atoms with van der Waals surface area (Å²) in [5.74, 6) is 0.177. The zero-order chi connectivity index (χ0) is 20.5. The molecule has 0 radical (unpaired) electrons. The molecule has 2 heterocycles. The number of aromatic hydroxyl groups is 1. The number of hydrogen-bond donors (Lipinski definition) is 1. The van der Waals surface area contributed by atoms with E-state index in [1.165, 1.54) is 22.1 Å². The van der Waals surface area contributed by atoms with Gasteiger partial charge in [-0.15, -0.1) is 0 Å². The normalized spacial score (nSPS) is 11.9. The van der Waals surface area contributed by atoms with Gasteiger partial charge in [0.2, 0.25) is 5.88 Å². The first kappa shape index (κ1) is 20.0. The van der Waals surface area contributed by atoms with Crippen LogP contribution in [-0.4, -0.2) is 16.3 Å². The van der Waals surface area contributed by atoms with E-state index in [2.05, 4.69) is 0 Å². The van der Waals surface area contributed by atoms with Crippen LogP contribution in [0.2, 0.25) is 0 Å². The van der Waals surface area contributed by atoms with Gasteiger partial charge in [-0.25, -0.2) is 4.79 Å². The van der Waals surface area contributed by atoms with Gasteiger partial charge >= 0.3 is 16.7 Å². The summed E-state index contributed by atoms with van der Waals surface area (Å²) in [6.45, 7) is 2.10. The smallest absolute Gasteiger partial charge is 0.417 e. The molecule has 0 aliphatic carbocycles. The topological polar surface area (TPSA) is 81.7 Å². The van der Waals surface area contributed by atoms with E-state index in [1.54, 1.807) is 6.92 Å². The van der Waals surface area contributed by atoms with Crippen molar-refractivity contribution >= 4 is 22.3 Å². The molecule has 0 amide bonds. The molecule has 10 heteroatoms. The largest absolute Gasteiger partial charge is 0.494 e. The van der Waals surface area contributed by atoms with Gasteiger partial charge in [0.25, 0.3) is 0 Å². The van der Waals surface area contributed by atoms with Gasteiger partial charge in [0.05, 0.1) is 17.6 Å². The fourth-order valence-corrected chi connectivity index (χ4v) is 3.55. The van der Waals surface area contributed by atoms with E-state index in [-0.39, 0.29) is 34.9 Å². The van der Waals surface area contributed by atoms with Crippen LogP contribution in [0, 0.1) is 0 Å². The summed E-state index contributed by atoms with van der Waals surface area (Å²) >= 11 is 0.880. The Hall–Kier alpha value is -2.75. The van der Waals surface area contributed by atoms with Gasteiger partial charge in [0.15, 0.2) is 0 Å². The first-order chi connectivity index (χ1) is 13.2. The molecular formula is C18H16F3NO5S. The monoisotopic (exact) mass is 415 g/mol. The third-order valence-corrected chi connectivity index (χ3v) is 4.93. The Kier molecular flexibility index (Phi) is 5.50. The van der Waals surface area contributed by atoms with Crippen LogP contribution in [0.3, 0.4) is 0 Å². The van der Waals surface area contributed by atoms with E-state index in [9.17, 15) is 27.9 Å². The summed E-state index contributed by atoms with van der Waals surface area (Å²) in [6, 6.07) is 3.06. The second kappa shape index (κ2) is 7.70. The molecule has 3 rings (SSSR count). The number of benzene rings is 1. The number of nitrogens with zero attached hydrogens (tertiary/aromatic N) is 1. The fraction of sp³-hybridized carbons (Fsp3) is 0.333. The van der Waals surface area contributed by atoms with Crippen LogP contribution < -0.4 is 15.2 Å². The average molecular weight is 415 g/mol. The van der Waals surface area contributed by atoms with Crippen LogP contribution in [-0.2, 0) is 19.1 Å². The molecule has 0 saturated heterocycles. The van der Waals surface area contributed by atoms with Gasteiger partial charge in [-0.1, -0.05) is 18.3 Å². The molecule has 2 aromatic heterocycles. The van der Waals surface area contributed by atoms with Gasteiger partial charge in [-0.05, 0) is 25.0 Å². The van der Waals surface area contributed by atoms with Crippen molar-refractivity contribution in [3.05, 3.63) is 54.8 Å². The van der Waals surface area contributed by atoms with Gasteiger partial charge in [-0.3, -0.25) is 9.36 Å². The minimum atomic E-state index is -4.68. The quantitative estimate of drug-likeness (QED) is 0.490. The fourth-order valence-electron chi connectivity index (χ4n) is 2.90. The summed E-state index contributed by atoms with van der Waals surface area (Å²) in [6.07, 6.45) is -4.00. The molecule has 150 valence electrons. The van der Waals surface area contributed by atoms with Gasteiger partial charge in [0, 0.05) is 23.6 Å². The molecule has 1 aromatic carbocycles. The van der Waals surface area contributed by atoms with Gasteiger partial charge in [-0.2, -0.15) is 13.2 Å². The number of hydrogen-bond acceptors (Lipinski definition) is 6.